The van der Waals surface area contributed by atoms with E-state index in [1.807, 2.05) is 63.9 Å². The van der Waals surface area contributed by atoms with E-state index >= 15 is 0 Å². The van der Waals surface area contributed by atoms with Crippen LogP contribution in [0.5, 0.6) is 11.5 Å². The number of nitrogens with one attached hydrogen (secondary N) is 1. The number of halogens is 1. The third kappa shape index (κ3) is 4.81. The van der Waals surface area contributed by atoms with Gasteiger partial charge in [0.25, 0.3) is 0 Å². The highest BCUT2D eigenvalue weighted by atomic mass is 35.5. The SMILES string of the molecule is COc1cccc(OC)c1-n1c(NSCCc2ccc(Cl)cc2)nnc1-c1ccsc1. The molecule has 2 aromatic heterocycles. The van der Waals surface area contributed by atoms with Gasteiger partial charge < -0.3 is 9.47 Å². The molecule has 9 heteroatoms. The number of ether oxygens (including phenoxy) is 2. The summed E-state index contributed by atoms with van der Waals surface area (Å²) in [6.45, 7) is 0. The number of aryl methyl sites for hydroxylation is 1. The summed E-state index contributed by atoms with van der Waals surface area (Å²) in [5, 5.41) is 13.7. The zero-order valence-corrected chi connectivity index (χ0v) is 19.4. The molecule has 0 atom stereocenters. The third-order valence-corrected chi connectivity index (χ3v) is 6.31. The Morgan fingerprint density at radius 3 is 2.42 bits per heavy atom. The number of anilines is 1. The second-order valence-electron chi connectivity index (χ2n) is 6.53. The molecule has 0 saturated carbocycles. The van der Waals surface area contributed by atoms with E-state index in [4.69, 9.17) is 21.1 Å². The molecule has 0 bridgehead atoms. The van der Waals surface area contributed by atoms with Crippen LogP contribution in [-0.4, -0.2) is 34.7 Å². The van der Waals surface area contributed by atoms with Gasteiger partial charge in [-0.05, 0) is 59.6 Å². The molecule has 6 nitrogen and oxygen atoms in total. The molecule has 0 aliphatic carbocycles. The van der Waals surface area contributed by atoms with Gasteiger partial charge in [-0.15, -0.1) is 10.2 Å². The van der Waals surface area contributed by atoms with Gasteiger partial charge in [0.2, 0.25) is 5.95 Å². The molecule has 160 valence electrons. The van der Waals surface area contributed by atoms with E-state index in [0.29, 0.717) is 23.3 Å². The molecule has 0 aliphatic heterocycles. The minimum absolute atomic E-state index is 0.602. The monoisotopic (exact) mass is 472 g/mol. The quantitative estimate of drug-likeness (QED) is 0.239. The van der Waals surface area contributed by atoms with Crippen LogP contribution in [0.2, 0.25) is 5.02 Å². The molecule has 0 fully saturated rings. The molecule has 4 aromatic rings. The number of hydrogen-bond acceptors (Lipinski definition) is 7. The smallest absolute Gasteiger partial charge is 0.239 e. The van der Waals surface area contributed by atoms with Crippen LogP contribution in [0, 0.1) is 0 Å². The van der Waals surface area contributed by atoms with E-state index in [2.05, 4.69) is 14.9 Å². The minimum Gasteiger partial charge on any atom is -0.494 e. The van der Waals surface area contributed by atoms with E-state index in [-0.39, 0.29) is 0 Å². The van der Waals surface area contributed by atoms with Crippen molar-refractivity contribution in [3.05, 3.63) is 69.9 Å². The summed E-state index contributed by atoms with van der Waals surface area (Å²) in [6.07, 6.45) is 0.901. The summed E-state index contributed by atoms with van der Waals surface area (Å²) in [4.78, 5) is 0. The number of aromatic nitrogens is 3. The van der Waals surface area contributed by atoms with Gasteiger partial charge in [0.05, 0.1) is 14.2 Å². The Bertz CT molecular complexity index is 1110. The van der Waals surface area contributed by atoms with Crippen molar-refractivity contribution in [3.63, 3.8) is 0 Å². The standard InChI is InChI=1S/C22H21ClN4O2S2/c1-28-18-4-3-5-19(29-2)20(18)27-21(16-11-12-30-14-16)24-25-22(27)26-31-13-10-15-6-8-17(23)9-7-15/h3-9,11-12,14H,10,13H2,1-2H3,(H,25,26). The molecule has 0 aliphatic rings. The molecule has 0 radical (unpaired) electrons. The topological polar surface area (TPSA) is 61.2 Å². The fraction of sp³-hybridized carbons (Fsp3) is 0.182. The third-order valence-electron chi connectivity index (χ3n) is 4.64. The summed E-state index contributed by atoms with van der Waals surface area (Å²) in [5.41, 5.74) is 2.95. The Hall–Kier alpha value is -2.68. The van der Waals surface area contributed by atoms with Crippen molar-refractivity contribution in [1.82, 2.24) is 14.8 Å². The lowest BCUT2D eigenvalue weighted by atomic mass is 10.2. The number of hydrogen-bond donors (Lipinski definition) is 1. The molecule has 31 heavy (non-hydrogen) atoms. The number of rotatable bonds is 9. The van der Waals surface area contributed by atoms with E-state index in [0.717, 1.165) is 28.4 Å². The number of nitrogens with zero attached hydrogens (tertiary/aromatic N) is 3. The van der Waals surface area contributed by atoms with Crippen molar-refractivity contribution in [2.75, 3.05) is 24.7 Å². The van der Waals surface area contributed by atoms with Gasteiger partial charge in [-0.1, -0.05) is 29.8 Å². The van der Waals surface area contributed by atoms with Crippen LogP contribution in [0.4, 0.5) is 5.95 Å². The first-order valence-corrected chi connectivity index (χ1v) is 11.8. The Balaban J connectivity index is 1.63. The molecular formula is C22H21ClN4O2S2. The number of methoxy groups -OCH3 is 2. The Morgan fingerprint density at radius 1 is 1.03 bits per heavy atom. The minimum atomic E-state index is 0.602. The summed E-state index contributed by atoms with van der Waals surface area (Å²) in [5.74, 6) is 3.51. The second-order valence-corrected chi connectivity index (χ2v) is 8.65. The molecule has 0 saturated heterocycles. The number of thiophene rings is 1. The summed E-state index contributed by atoms with van der Waals surface area (Å²) < 4.78 is 16.6. The summed E-state index contributed by atoms with van der Waals surface area (Å²) >= 11 is 9.14. The molecule has 2 aromatic carbocycles. The van der Waals surface area contributed by atoms with Crippen molar-refractivity contribution < 1.29 is 9.47 Å². The molecule has 0 spiro atoms. The maximum Gasteiger partial charge on any atom is 0.239 e. The zero-order chi connectivity index (χ0) is 21.6. The molecule has 4 rings (SSSR count). The summed E-state index contributed by atoms with van der Waals surface area (Å²) in [6, 6.07) is 15.6. The lowest BCUT2D eigenvalue weighted by Gasteiger charge is -2.17. The average Bonchev–Trinajstić information content (AvgIpc) is 3.47. The zero-order valence-electron chi connectivity index (χ0n) is 17.0. The lowest BCUT2D eigenvalue weighted by molar-refractivity contribution is 0.391. The van der Waals surface area contributed by atoms with E-state index in [1.165, 1.54) is 5.56 Å². The van der Waals surface area contributed by atoms with Crippen LogP contribution >= 0.6 is 34.9 Å². The highest BCUT2D eigenvalue weighted by Gasteiger charge is 2.22. The van der Waals surface area contributed by atoms with Crippen LogP contribution in [0.1, 0.15) is 5.56 Å². The van der Waals surface area contributed by atoms with Gasteiger partial charge in [-0.25, -0.2) is 0 Å². The van der Waals surface area contributed by atoms with Gasteiger partial charge in [0, 0.05) is 21.7 Å². The molecule has 2 heterocycles. The maximum atomic E-state index is 5.97. The van der Waals surface area contributed by atoms with Crippen molar-refractivity contribution in [2.45, 2.75) is 6.42 Å². The van der Waals surface area contributed by atoms with Crippen molar-refractivity contribution in [1.29, 1.82) is 0 Å². The normalized spacial score (nSPS) is 10.8. The summed E-state index contributed by atoms with van der Waals surface area (Å²) in [7, 11) is 3.28. The van der Waals surface area contributed by atoms with Crippen molar-refractivity contribution in [2.24, 2.45) is 0 Å². The Morgan fingerprint density at radius 2 is 1.77 bits per heavy atom. The van der Waals surface area contributed by atoms with E-state index < -0.39 is 0 Å². The van der Waals surface area contributed by atoms with Crippen LogP contribution in [-0.2, 0) is 6.42 Å². The predicted octanol–water partition coefficient (Wildman–Crippen LogP) is 5.97. The first kappa shape index (κ1) is 21.5. The molecule has 0 amide bonds. The maximum absolute atomic E-state index is 5.97. The first-order valence-electron chi connectivity index (χ1n) is 9.53. The second kappa shape index (κ2) is 10.1. The van der Waals surface area contributed by atoms with Crippen molar-refractivity contribution >= 4 is 40.8 Å². The van der Waals surface area contributed by atoms with Gasteiger partial charge >= 0.3 is 0 Å². The molecule has 1 N–H and O–H groups in total. The number of para-hydroxylation sites is 1. The largest absolute Gasteiger partial charge is 0.494 e. The number of benzene rings is 2. The highest BCUT2D eigenvalue weighted by molar-refractivity contribution is 8.00. The fourth-order valence-corrected chi connectivity index (χ4v) is 4.59. The van der Waals surface area contributed by atoms with Gasteiger partial charge in [0.15, 0.2) is 5.82 Å². The van der Waals surface area contributed by atoms with Crippen LogP contribution in [0.3, 0.4) is 0 Å². The van der Waals surface area contributed by atoms with Crippen LogP contribution in [0.15, 0.2) is 59.3 Å². The Kier molecular flexibility index (Phi) is 7.01. The van der Waals surface area contributed by atoms with Gasteiger partial charge in [-0.3, -0.25) is 9.29 Å². The molecular weight excluding hydrogens is 452 g/mol. The Labute approximate surface area is 194 Å². The van der Waals surface area contributed by atoms with Crippen molar-refractivity contribution in [3.8, 4) is 28.6 Å². The highest BCUT2D eigenvalue weighted by Crippen LogP contribution is 2.38. The first-order chi connectivity index (χ1) is 15.2. The van der Waals surface area contributed by atoms with Gasteiger partial charge in [-0.2, -0.15) is 11.3 Å². The average molecular weight is 473 g/mol. The molecule has 0 unspecified atom stereocenters. The van der Waals surface area contributed by atoms with E-state index in [1.54, 1.807) is 37.5 Å². The van der Waals surface area contributed by atoms with Crippen LogP contribution in [0.25, 0.3) is 17.1 Å². The van der Waals surface area contributed by atoms with E-state index in [9.17, 15) is 0 Å². The fourth-order valence-electron chi connectivity index (χ4n) is 3.13. The van der Waals surface area contributed by atoms with Crippen LogP contribution < -0.4 is 14.2 Å². The lowest BCUT2D eigenvalue weighted by Crippen LogP contribution is -2.07. The van der Waals surface area contributed by atoms with Gasteiger partial charge in [0.1, 0.15) is 17.2 Å². The predicted molar refractivity (Wildman–Crippen MR) is 129 cm³/mol.